The highest BCUT2D eigenvalue weighted by atomic mass is 32.2. The fourth-order valence-corrected chi connectivity index (χ4v) is 14.7. The molecule has 0 spiro atoms. The average molecular weight is 1350 g/mol. The maximum absolute atomic E-state index is 15.0. The molecule has 2 fully saturated rings. The molecular formula is C58H64F8N8O12S4. The van der Waals surface area contributed by atoms with Crippen molar-refractivity contribution >= 4 is 76.7 Å². The minimum Gasteiger partial charge on any atom is -0.477 e. The second-order valence-electron chi connectivity index (χ2n) is 21.6. The summed E-state index contributed by atoms with van der Waals surface area (Å²) in [6.07, 6.45) is -6.52. The second kappa shape index (κ2) is 28.8. The van der Waals surface area contributed by atoms with Crippen LogP contribution in [-0.2, 0) is 60.3 Å². The molecule has 8 rings (SSSR count). The first-order chi connectivity index (χ1) is 42.1. The Morgan fingerprint density at radius 3 is 1.29 bits per heavy atom. The number of benzene rings is 4. The number of hydrogen-bond donors (Lipinski definition) is 3. The Balaban J connectivity index is 0.000000257. The third-order valence-corrected chi connectivity index (χ3v) is 19.9. The fraction of sp³-hybridized carbons (Fsp3) is 0.414. The predicted molar refractivity (Wildman–Crippen MR) is 316 cm³/mol. The molecule has 2 amide bonds. The molecule has 0 saturated carbocycles. The molecule has 3 N–H and O–H groups in total. The van der Waals surface area contributed by atoms with E-state index in [1.807, 2.05) is 55.5 Å². The molecule has 4 heterocycles. The number of thiazole rings is 2. The standard InChI is InChI=1S/C31H36F4N4O6S2.C27H28F4N4O6S2/c1-6-7-20-8-10-21(11-9-20)17-36-27(40)24-18-38(29-37-19(2)26(46-29)28(41)45-30(3,4)5)14-15-39(24)47(42,43)25-13-12-22(16-23(25)32)44-31(33,34)35;1-3-4-17-5-7-18(8-6-17)14-32-24(36)21-15-34(26-33-16(2)23(42-26)25(37)38)11-12-35(21)43(39,40)22-10-9-19(13-20(22)28)41-27(29,30)31/h8-13,16,24H,6-7,14-15,17-18H2,1-5H3,(H,36,40);5-10,13,21H,3-4,11-12,14-15H2,1-2H3,(H,32,36)(H,37,38)/t24-;21-/m11/s1. The van der Waals surface area contributed by atoms with Crippen LogP contribution in [0.5, 0.6) is 11.5 Å². The van der Waals surface area contributed by atoms with Gasteiger partial charge in [0.05, 0.1) is 11.4 Å². The van der Waals surface area contributed by atoms with Crippen LogP contribution in [0.25, 0.3) is 0 Å². The highest BCUT2D eigenvalue weighted by Crippen LogP contribution is 2.36. The Morgan fingerprint density at radius 1 is 0.589 bits per heavy atom. The number of carbonyl (C=O) groups excluding carboxylic acids is 3. The number of carboxylic acid groups (broad SMARTS) is 1. The van der Waals surface area contributed by atoms with Gasteiger partial charge in [-0.15, -0.1) is 26.3 Å². The van der Waals surface area contributed by atoms with Crippen molar-refractivity contribution in [1.29, 1.82) is 0 Å². The highest BCUT2D eigenvalue weighted by molar-refractivity contribution is 7.89. The third kappa shape index (κ3) is 18.1. The number of piperazine rings is 2. The number of nitrogens with one attached hydrogen (secondary N) is 2. The van der Waals surface area contributed by atoms with Crippen molar-refractivity contribution in [2.24, 2.45) is 0 Å². The lowest BCUT2D eigenvalue weighted by molar-refractivity contribution is -0.275. The van der Waals surface area contributed by atoms with Gasteiger partial charge in [0.2, 0.25) is 31.9 Å². The number of carboxylic acids is 1. The quantitative estimate of drug-likeness (QED) is 0.0475. The zero-order chi connectivity index (χ0) is 66.3. The van der Waals surface area contributed by atoms with Crippen LogP contribution in [0.1, 0.15) is 100 Å². The van der Waals surface area contributed by atoms with E-state index in [1.165, 1.54) is 6.92 Å². The second-order valence-corrected chi connectivity index (χ2v) is 27.3. The van der Waals surface area contributed by atoms with Gasteiger partial charge in [-0.2, -0.15) is 8.61 Å². The van der Waals surface area contributed by atoms with E-state index in [0.29, 0.717) is 47.2 Å². The summed E-state index contributed by atoms with van der Waals surface area (Å²) in [5.74, 6) is -8.00. The summed E-state index contributed by atoms with van der Waals surface area (Å²) in [6.45, 7) is 11.5. The topological polar surface area (TPSA) is 247 Å². The van der Waals surface area contributed by atoms with Gasteiger partial charge in [-0.3, -0.25) is 9.59 Å². The predicted octanol–water partition coefficient (Wildman–Crippen LogP) is 9.93. The van der Waals surface area contributed by atoms with Gasteiger partial charge in [0.25, 0.3) is 0 Å². The summed E-state index contributed by atoms with van der Waals surface area (Å²) in [5.41, 5.74) is 3.65. The monoisotopic (exact) mass is 1340 g/mol. The summed E-state index contributed by atoms with van der Waals surface area (Å²) in [5, 5.41) is 15.5. The lowest BCUT2D eigenvalue weighted by Crippen LogP contribution is -2.60. The van der Waals surface area contributed by atoms with Gasteiger partial charge in [-0.25, -0.2) is 45.2 Å². The average Bonchev–Trinajstić information content (AvgIpc) is 1.62. The molecule has 90 heavy (non-hydrogen) atoms. The number of nitrogens with zero attached hydrogens (tertiary/aromatic N) is 6. The molecule has 2 aliphatic heterocycles. The maximum atomic E-state index is 15.0. The normalized spacial score (nSPS) is 16.2. The number of amides is 2. The van der Waals surface area contributed by atoms with E-state index < -0.39 is 107 Å². The van der Waals surface area contributed by atoms with Crippen molar-refractivity contribution in [3.63, 3.8) is 0 Å². The number of aryl methyl sites for hydroxylation is 4. The molecule has 2 aliphatic rings. The molecule has 4 aromatic carbocycles. The summed E-state index contributed by atoms with van der Waals surface area (Å²) in [4.78, 5) is 61.8. The van der Waals surface area contributed by atoms with Crippen LogP contribution < -0.4 is 29.9 Å². The molecule has 20 nitrogen and oxygen atoms in total. The molecule has 0 unspecified atom stereocenters. The van der Waals surface area contributed by atoms with Crippen molar-refractivity contribution in [2.75, 3.05) is 49.1 Å². The number of alkyl halides is 6. The van der Waals surface area contributed by atoms with E-state index in [-0.39, 0.29) is 72.9 Å². The zero-order valence-corrected chi connectivity index (χ0v) is 52.8. The first kappa shape index (κ1) is 69.9. The lowest BCUT2D eigenvalue weighted by atomic mass is 10.1. The molecule has 0 radical (unpaired) electrons. The Bertz CT molecular complexity index is 3790. The van der Waals surface area contributed by atoms with Crippen molar-refractivity contribution in [2.45, 2.75) is 127 Å². The maximum Gasteiger partial charge on any atom is 0.573 e. The number of sulfonamides is 2. The van der Waals surface area contributed by atoms with Gasteiger partial charge in [-0.1, -0.05) is 97.9 Å². The molecule has 6 aromatic rings. The van der Waals surface area contributed by atoms with Crippen LogP contribution in [0.15, 0.2) is 94.7 Å². The minimum atomic E-state index is -5.11. The number of rotatable bonds is 20. The smallest absolute Gasteiger partial charge is 0.477 e. The van der Waals surface area contributed by atoms with Crippen molar-refractivity contribution < 1.29 is 90.5 Å². The number of aromatic nitrogens is 2. The van der Waals surface area contributed by atoms with E-state index in [4.69, 9.17) is 4.74 Å². The zero-order valence-electron chi connectivity index (χ0n) is 49.5. The summed E-state index contributed by atoms with van der Waals surface area (Å²) >= 11 is 1.90. The minimum absolute atomic E-state index is 0.0131. The van der Waals surface area contributed by atoms with Gasteiger partial charge in [-0.05, 0) is 94.0 Å². The Morgan fingerprint density at radius 2 is 0.956 bits per heavy atom. The molecule has 2 saturated heterocycles. The number of aromatic carboxylic acids is 1. The number of esters is 1. The lowest BCUT2D eigenvalue weighted by Gasteiger charge is -2.39. The van der Waals surface area contributed by atoms with Crippen LogP contribution in [0.4, 0.5) is 45.4 Å². The molecule has 0 bridgehead atoms. The molecular weight excluding hydrogens is 1280 g/mol. The van der Waals surface area contributed by atoms with Crippen LogP contribution in [-0.4, -0.2) is 134 Å². The summed E-state index contributed by atoms with van der Waals surface area (Å²) < 4.78 is 175. The SMILES string of the molecule is CCCc1ccc(CNC(=O)[C@H]2CN(c3nc(C)c(C(=O)O)s3)CCN2S(=O)(=O)c2ccc(OC(F)(F)F)cc2F)cc1.CCCc1ccc(CNC(=O)[C@H]2CN(c3nc(C)c(C(=O)OC(C)(C)C)s3)CCN2S(=O)(=O)c2ccc(OC(F)(F)F)cc2F)cc1. The van der Waals surface area contributed by atoms with Gasteiger partial charge in [0.15, 0.2) is 10.3 Å². The highest BCUT2D eigenvalue weighted by Gasteiger charge is 2.45. The number of halogens is 8. The van der Waals surface area contributed by atoms with E-state index in [1.54, 1.807) is 37.5 Å². The Labute approximate surface area is 521 Å². The van der Waals surface area contributed by atoms with Gasteiger partial charge in [0.1, 0.15) is 60.4 Å². The van der Waals surface area contributed by atoms with Crippen LogP contribution in [0.2, 0.25) is 0 Å². The number of anilines is 2. The van der Waals surface area contributed by atoms with E-state index in [0.717, 1.165) is 79.2 Å². The van der Waals surface area contributed by atoms with Gasteiger partial charge >= 0.3 is 24.7 Å². The molecule has 488 valence electrons. The first-order valence-corrected chi connectivity index (χ1v) is 32.3. The van der Waals surface area contributed by atoms with Gasteiger partial charge in [0, 0.05) is 64.5 Å². The van der Waals surface area contributed by atoms with Crippen molar-refractivity contribution in [1.82, 2.24) is 29.2 Å². The molecule has 32 heteroatoms. The summed E-state index contributed by atoms with van der Waals surface area (Å²) in [7, 11) is -9.48. The van der Waals surface area contributed by atoms with Crippen LogP contribution >= 0.6 is 22.7 Å². The molecule has 2 atom stereocenters. The van der Waals surface area contributed by atoms with E-state index in [2.05, 4.69) is 37.0 Å². The Hall–Kier alpha value is -7.52. The Kier molecular flexibility index (Phi) is 22.3. The van der Waals surface area contributed by atoms with Crippen molar-refractivity contribution in [3.05, 3.63) is 140 Å². The first-order valence-electron chi connectivity index (χ1n) is 27.8. The van der Waals surface area contributed by atoms with E-state index >= 15 is 4.39 Å². The number of hydrogen-bond acceptors (Lipinski definition) is 17. The molecule has 2 aromatic heterocycles. The van der Waals surface area contributed by atoms with Crippen molar-refractivity contribution in [3.8, 4) is 11.5 Å². The van der Waals surface area contributed by atoms with Gasteiger partial charge < -0.3 is 39.8 Å². The summed E-state index contributed by atoms with van der Waals surface area (Å²) in [6, 6.07) is 15.6. The van der Waals surface area contributed by atoms with Crippen LogP contribution in [0.3, 0.4) is 0 Å². The number of carbonyl (C=O) groups is 4. The van der Waals surface area contributed by atoms with E-state index in [9.17, 15) is 71.9 Å². The third-order valence-electron chi connectivity index (χ3n) is 13.7. The number of ether oxygens (including phenoxy) is 3. The fourth-order valence-electron chi connectivity index (χ4n) is 9.50. The largest absolute Gasteiger partial charge is 0.573 e. The van der Waals surface area contributed by atoms with Crippen LogP contribution in [0, 0.1) is 25.5 Å². The molecule has 0 aliphatic carbocycles.